The van der Waals surface area contributed by atoms with E-state index >= 15 is 0 Å². The van der Waals surface area contributed by atoms with Crippen molar-refractivity contribution >= 4 is 15.9 Å². The maximum Gasteiger partial charge on any atom is 0.251 e. The van der Waals surface area contributed by atoms with Gasteiger partial charge in [0.25, 0.3) is 5.91 Å². The largest absolute Gasteiger partial charge is 0.381 e. The van der Waals surface area contributed by atoms with Crippen molar-refractivity contribution in [3.05, 3.63) is 29.8 Å². The summed E-state index contributed by atoms with van der Waals surface area (Å²) in [5.74, 6) is 0.302. The van der Waals surface area contributed by atoms with Gasteiger partial charge in [-0.15, -0.1) is 0 Å². The summed E-state index contributed by atoms with van der Waals surface area (Å²) in [6.45, 7) is 8.56. The number of ether oxygens (including phenoxy) is 1. The zero-order valence-electron chi connectivity index (χ0n) is 16.6. The maximum atomic E-state index is 12.8. The quantitative estimate of drug-likeness (QED) is 0.651. The molecule has 1 aromatic carbocycles. The van der Waals surface area contributed by atoms with Gasteiger partial charge in [0.1, 0.15) is 0 Å². The zero-order valence-corrected chi connectivity index (χ0v) is 17.4. The van der Waals surface area contributed by atoms with Gasteiger partial charge in [0.05, 0.1) is 4.90 Å². The van der Waals surface area contributed by atoms with E-state index in [0.717, 1.165) is 32.3 Å². The van der Waals surface area contributed by atoms with Gasteiger partial charge in [-0.25, -0.2) is 8.42 Å². The van der Waals surface area contributed by atoms with Crippen molar-refractivity contribution in [3.8, 4) is 0 Å². The molecule has 6 nitrogen and oxygen atoms in total. The Labute approximate surface area is 163 Å². The van der Waals surface area contributed by atoms with E-state index in [1.165, 1.54) is 12.1 Å². The molecule has 0 spiro atoms. The first kappa shape index (κ1) is 21.9. The summed E-state index contributed by atoms with van der Waals surface area (Å²) in [6.07, 6.45) is 3.60. The highest BCUT2D eigenvalue weighted by Crippen LogP contribution is 2.25. The summed E-state index contributed by atoms with van der Waals surface area (Å²) in [5, 5.41) is 2.84. The second-order valence-electron chi connectivity index (χ2n) is 7.56. The molecule has 1 heterocycles. The van der Waals surface area contributed by atoms with Crippen LogP contribution in [0.4, 0.5) is 0 Å². The minimum atomic E-state index is -3.50. The minimum absolute atomic E-state index is 0.0182. The van der Waals surface area contributed by atoms with E-state index in [1.807, 2.05) is 6.92 Å². The Balaban J connectivity index is 1.87. The number of piperidine rings is 1. The van der Waals surface area contributed by atoms with E-state index in [4.69, 9.17) is 4.74 Å². The molecular weight excluding hydrogens is 364 g/mol. The molecule has 1 saturated heterocycles. The van der Waals surface area contributed by atoms with Gasteiger partial charge < -0.3 is 10.1 Å². The Morgan fingerprint density at radius 1 is 1.26 bits per heavy atom. The molecule has 1 fully saturated rings. The highest BCUT2D eigenvalue weighted by atomic mass is 32.2. The van der Waals surface area contributed by atoms with Crippen LogP contribution < -0.4 is 5.32 Å². The highest BCUT2D eigenvalue weighted by Gasteiger charge is 2.30. The monoisotopic (exact) mass is 396 g/mol. The predicted octanol–water partition coefficient (Wildman–Crippen LogP) is 3.04. The smallest absolute Gasteiger partial charge is 0.251 e. The van der Waals surface area contributed by atoms with E-state index in [9.17, 15) is 13.2 Å². The first-order valence-corrected chi connectivity index (χ1v) is 11.2. The third kappa shape index (κ3) is 6.30. The second-order valence-corrected chi connectivity index (χ2v) is 9.45. The van der Waals surface area contributed by atoms with E-state index in [1.54, 1.807) is 16.4 Å². The SMILES string of the molecule is CC(C)COCCCNC(=O)c1ccc(S(=O)(=O)N2CCCCC2C)cc1. The summed E-state index contributed by atoms with van der Waals surface area (Å²) in [6, 6.07) is 6.22. The van der Waals surface area contributed by atoms with Gasteiger partial charge in [0.2, 0.25) is 10.0 Å². The average molecular weight is 397 g/mol. The Morgan fingerprint density at radius 3 is 2.59 bits per heavy atom. The van der Waals surface area contributed by atoms with E-state index in [2.05, 4.69) is 19.2 Å². The van der Waals surface area contributed by atoms with Crippen LogP contribution in [0.2, 0.25) is 0 Å². The van der Waals surface area contributed by atoms with Crippen LogP contribution in [-0.4, -0.2) is 51.0 Å². The summed E-state index contributed by atoms with van der Waals surface area (Å²) < 4.78 is 32.7. The molecule has 1 unspecified atom stereocenters. The van der Waals surface area contributed by atoms with Crippen LogP contribution >= 0.6 is 0 Å². The van der Waals surface area contributed by atoms with Gasteiger partial charge in [-0.05, 0) is 56.4 Å². The molecule has 0 saturated carbocycles. The van der Waals surface area contributed by atoms with Crippen molar-refractivity contribution in [2.75, 3.05) is 26.3 Å². The van der Waals surface area contributed by atoms with Crippen LogP contribution in [0.15, 0.2) is 29.2 Å². The van der Waals surface area contributed by atoms with Crippen LogP contribution in [0.25, 0.3) is 0 Å². The molecule has 7 heteroatoms. The van der Waals surface area contributed by atoms with Gasteiger partial charge in [-0.3, -0.25) is 4.79 Å². The molecule has 27 heavy (non-hydrogen) atoms. The Morgan fingerprint density at radius 2 is 1.96 bits per heavy atom. The predicted molar refractivity (Wildman–Crippen MR) is 106 cm³/mol. The fraction of sp³-hybridized carbons (Fsp3) is 0.650. The zero-order chi connectivity index (χ0) is 19.9. The Kier molecular flexibility index (Phi) is 8.26. The normalized spacial score (nSPS) is 18.6. The van der Waals surface area contributed by atoms with Gasteiger partial charge >= 0.3 is 0 Å². The first-order chi connectivity index (χ1) is 12.8. The van der Waals surface area contributed by atoms with Gasteiger partial charge in [-0.2, -0.15) is 4.31 Å². The fourth-order valence-corrected chi connectivity index (χ4v) is 4.84. The second kappa shape index (κ2) is 10.2. The number of nitrogens with zero attached hydrogens (tertiary/aromatic N) is 1. The molecule has 1 atom stereocenters. The number of benzene rings is 1. The number of rotatable bonds is 9. The number of nitrogens with one attached hydrogen (secondary N) is 1. The molecule has 0 radical (unpaired) electrons. The third-order valence-electron chi connectivity index (χ3n) is 4.67. The molecule has 1 aromatic rings. The lowest BCUT2D eigenvalue weighted by molar-refractivity contribution is 0.0925. The third-order valence-corrected chi connectivity index (χ3v) is 6.70. The molecule has 0 aliphatic carbocycles. The van der Waals surface area contributed by atoms with Crippen molar-refractivity contribution in [1.82, 2.24) is 9.62 Å². The van der Waals surface area contributed by atoms with E-state index in [-0.39, 0.29) is 16.8 Å². The molecular formula is C20H32N2O4S. The van der Waals surface area contributed by atoms with Crippen molar-refractivity contribution in [1.29, 1.82) is 0 Å². The standard InChI is InChI=1S/C20H32N2O4S/c1-16(2)15-26-14-6-12-21-20(23)18-8-10-19(11-9-18)27(24,25)22-13-5-4-7-17(22)3/h8-11,16-17H,4-7,12-15H2,1-3H3,(H,21,23). The number of carbonyl (C=O) groups excluding carboxylic acids is 1. The van der Waals surface area contributed by atoms with Crippen molar-refractivity contribution in [3.63, 3.8) is 0 Å². The van der Waals surface area contributed by atoms with Crippen LogP contribution in [0, 0.1) is 5.92 Å². The number of carbonyl (C=O) groups is 1. The molecule has 2 rings (SSSR count). The van der Waals surface area contributed by atoms with Gasteiger partial charge in [0, 0.05) is 37.9 Å². The van der Waals surface area contributed by atoms with Crippen LogP contribution in [0.5, 0.6) is 0 Å². The molecule has 1 aliphatic heterocycles. The Bertz CT molecular complexity index is 701. The lowest BCUT2D eigenvalue weighted by Crippen LogP contribution is -2.41. The maximum absolute atomic E-state index is 12.8. The molecule has 1 N–H and O–H groups in total. The van der Waals surface area contributed by atoms with Crippen molar-refractivity contribution in [2.45, 2.75) is 57.4 Å². The molecule has 0 bridgehead atoms. The van der Waals surface area contributed by atoms with Crippen LogP contribution in [0.1, 0.15) is 56.8 Å². The summed E-state index contributed by atoms with van der Waals surface area (Å²) >= 11 is 0. The number of hydrogen-bond donors (Lipinski definition) is 1. The van der Waals surface area contributed by atoms with Crippen LogP contribution in [0.3, 0.4) is 0 Å². The van der Waals surface area contributed by atoms with Crippen molar-refractivity contribution in [2.24, 2.45) is 5.92 Å². The molecule has 1 aliphatic rings. The summed E-state index contributed by atoms with van der Waals surface area (Å²) in [7, 11) is -3.50. The van der Waals surface area contributed by atoms with Crippen molar-refractivity contribution < 1.29 is 17.9 Å². The number of amides is 1. The molecule has 1 amide bonds. The summed E-state index contributed by atoms with van der Waals surface area (Å²) in [4.78, 5) is 12.4. The average Bonchev–Trinajstić information content (AvgIpc) is 2.64. The lowest BCUT2D eigenvalue weighted by Gasteiger charge is -2.32. The first-order valence-electron chi connectivity index (χ1n) is 9.80. The van der Waals surface area contributed by atoms with Crippen LogP contribution in [-0.2, 0) is 14.8 Å². The number of sulfonamides is 1. The van der Waals surface area contributed by atoms with Gasteiger partial charge in [0.15, 0.2) is 0 Å². The van der Waals surface area contributed by atoms with Gasteiger partial charge in [-0.1, -0.05) is 20.3 Å². The van der Waals surface area contributed by atoms with E-state index < -0.39 is 10.0 Å². The molecule has 0 aromatic heterocycles. The lowest BCUT2D eigenvalue weighted by atomic mass is 10.1. The minimum Gasteiger partial charge on any atom is -0.381 e. The topological polar surface area (TPSA) is 75.7 Å². The molecule has 152 valence electrons. The Hall–Kier alpha value is -1.44. The highest BCUT2D eigenvalue weighted by molar-refractivity contribution is 7.89. The van der Waals surface area contributed by atoms with E-state index in [0.29, 0.717) is 31.2 Å². The summed E-state index contributed by atoms with van der Waals surface area (Å²) in [5.41, 5.74) is 0.462. The fourth-order valence-electron chi connectivity index (χ4n) is 3.14. The number of hydrogen-bond acceptors (Lipinski definition) is 4.